The highest BCUT2D eigenvalue weighted by molar-refractivity contribution is 9.10. The number of rotatable bonds is 3. The van der Waals surface area contributed by atoms with Crippen molar-refractivity contribution in [1.82, 2.24) is 10.2 Å². The first-order valence-electron chi connectivity index (χ1n) is 10.5. The van der Waals surface area contributed by atoms with E-state index in [1.807, 2.05) is 18.2 Å². The van der Waals surface area contributed by atoms with Crippen molar-refractivity contribution in [3.05, 3.63) is 64.4 Å². The third kappa shape index (κ3) is 5.81. The molecule has 0 aromatic heterocycles. The van der Waals surface area contributed by atoms with Crippen molar-refractivity contribution in [2.45, 2.75) is 44.1 Å². The predicted molar refractivity (Wildman–Crippen MR) is 122 cm³/mol. The van der Waals surface area contributed by atoms with Gasteiger partial charge in [0.15, 0.2) is 0 Å². The molecule has 2 aliphatic rings. The minimum Gasteiger partial charge on any atom is -0.475 e. The van der Waals surface area contributed by atoms with Crippen LogP contribution in [0.5, 0.6) is 0 Å². The van der Waals surface area contributed by atoms with Crippen LogP contribution in [0.3, 0.4) is 0 Å². The number of aliphatic carboxylic acids is 1. The van der Waals surface area contributed by atoms with Gasteiger partial charge in [-0.25, -0.2) is 14.0 Å². The normalized spacial score (nSPS) is 22.6. The zero-order valence-electron chi connectivity index (χ0n) is 18.5. The fourth-order valence-electron chi connectivity index (χ4n) is 4.29. The Morgan fingerprint density at radius 2 is 1.83 bits per heavy atom. The summed E-state index contributed by atoms with van der Waals surface area (Å²) in [5, 5.41) is 9.57. The number of likely N-dealkylation sites (tertiary alicyclic amines) is 1. The number of carboxylic acids is 1. The molecule has 12 heteroatoms. The molecular formula is C23H22BrF4N3O4. The Kier molecular flexibility index (Phi) is 7.85. The van der Waals surface area contributed by atoms with Gasteiger partial charge in [-0.05, 0) is 59.5 Å². The molecule has 4 rings (SSSR count). The number of nitrogens with zero attached hydrogens (tertiary/aromatic N) is 2. The number of hydrogen-bond acceptors (Lipinski definition) is 4. The lowest BCUT2D eigenvalue weighted by Gasteiger charge is -2.45. The smallest absolute Gasteiger partial charge is 0.475 e. The van der Waals surface area contributed by atoms with Crippen molar-refractivity contribution < 1.29 is 37.1 Å². The first kappa shape index (κ1) is 26.6. The lowest BCUT2D eigenvalue weighted by atomic mass is 9.81. The van der Waals surface area contributed by atoms with Gasteiger partial charge >= 0.3 is 18.2 Å². The lowest BCUT2D eigenvalue weighted by molar-refractivity contribution is -0.192. The molecule has 0 unspecified atom stereocenters. The second kappa shape index (κ2) is 10.3. The monoisotopic (exact) mass is 559 g/mol. The van der Waals surface area contributed by atoms with Crippen LogP contribution in [0.4, 0.5) is 28.0 Å². The molecule has 2 aliphatic heterocycles. The third-order valence-corrected chi connectivity index (χ3v) is 6.63. The van der Waals surface area contributed by atoms with Gasteiger partial charge in [0, 0.05) is 23.6 Å². The number of benzene rings is 2. The van der Waals surface area contributed by atoms with Crippen molar-refractivity contribution in [3.63, 3.8) is 0 Å². The van der Waals surface area contributed by atoms with E-state index in [0.717, 1.165) is 6.54 Å². The Morgan fingerprint density at radius 1 is 1.20 bits per heavy atom. The van der Waals surface area contributed by atoms with Gasteiger partial charge in [0.25, 0.3) is 5.91 Å². The maximum absolute atomic E-state index is 13.9. The zero-order chi connectivity index (χ0) is 26.0. The number of carbonyl (C=O) groups excluding carboxylic acids is 2. The molecule has 35 heavy (non-hydrogen) atoms. The SMILES string of the molecule is C[C@H]1C[C@@]2(CCN1Cc1ccccc1)C(=O)NC(=O)N2c1cc(F)ccc1Br.O=C(O)C(F)(F)F. The van der Waals surface area contributed by atoms with Crippen LogP contribution < -0.4 is 10.2 Å². The summed E-state index contributed by atoms with van der Waals surface area (Å²) in [4.78, 5) is 38.1. The van der Waals surface area contributed by atoms with Gasteiger partial charge in [-0.2, -0.15) is 13.2 Å². The molecule has 0 bridgehead atoms. The van der Waals surface area contributed by atoms with E-state index in [0.29, 0.717) is 29.5 Å². The molecule has 188 valence electrons. The van der Waals surface area contributed by atoms with Crippen LogP contribution in [0.1, 0.15) is 25.3 Å². The van der Waals surface area contributed by atoms with Crippen LogP contribution in [-0.4, -0.2) is 52.2 Å². The van der Waals surface area contributed by atoms with Crippen molar-refractivity contribution >= 4 is 39.5 Å². The highest BCUT2D eigenvalue weighted by atomic mass is 79.9. The van der Waals surface area contributed by atoms with Gasteiger partial charge in [0.05, 0.1) is 5.69 Å². The van der Waals surface area contributed by atoms with Crippen LogP contribution in [0.15, 0.2) is 53.0 Å². The Hall–Kier alpha value is -2.99. The van der Waals surface area contributed by atoms with Crippen molar-refractivity contribution in [2.75, 3.05) is 11.4 Å². The average Bonchev–Trinajstić information content (AvgIpc) is 3.01. The molecule has 7 nitrogen and oxygen atoms in total. The summed E-state index contributed by atoms with van der Waals surface area (Å²) in [7, 11) is 0. The van der Waals surface area contributed by atoms with Crippen molar-refractivity contribution in [2.24, 2.45) is 0 Å². The van der Waals surface area contributed by atoms with E-state index >= 15 is 0 Å². The number of anilines is 1. The molecule has 0 aliphatic carbocycles. The van der Waals surface area contributed by atoms with Gasteiger partial charge in [0.1, 0.15) is 11.4 Å². The molecule has 2 atom stereocenters. The summed E-state index contributed by atoms with van der Waals surface area (Å²) in [5.41, 5.74) is 0.592. The molecule has 2 saturated heterocycles. The largest absolute Gasteiger partial charge is 0.490 e. The van der Waals surface area contributed by atoms with E-state index in [1.54, 1.807) is 6.07 Å². The second-order valence-corrected chi connectivity index (χ2v) is 9.14. The van der Waals surface area contributed by atoms with E-state index < -0.39 is 29.5 Å². The van der Waals surface area contributed by atoms with Gasteiger partial charge in [0.2, 0.25) is 0 Å². The standard InChI is InChI=1S/C21H21BrFN3O2.C2HF3O2/c1-14-12-21(9-10-25(14)13-15-5-3-2-4-6-15)19(27)24-20(28)26(21)18-11-16(23)7-8-17(18)22;3-2(4,5)1(6)7/h2-8,11,14H,9-10,12-13H2,1H3,(H,24,27,28);(H,6,7)/t14-,21-;/m0./s1. The Bertz CT molecular complexity index is 1120. The Balaban J connectivity index is 0.000000429. The summed E-state index contributed by atoms with van der Waals surface area (Å²) in [6.07, 6.45) is -4.11. The molecule has 1 spiro atoms. The number of urea groups is 1. The van der Waals surface area contributed by atoms with E-state index in [9.17, 15) is 27.2 Å². The molecule has 2 heterocycles. The number of imide groups is 1. The average molecular weight is 560 g/mol. The number of hydrogen-bond donors (Lipinski definition) is 2. The minimum absolute atomic E-state index is 0.0837. The number of alkyl halides is 3. The topological polar surface area (TPSA) is 90.0 Å². The molecule has 0 radical (unpaired) electrons. The molecule has 2 aromatic carbocycles. The molecule has 2 aromatic rings. The molecular weight excluding hydrogens is 538 g/mol. The van der Waals surface area contributed by atoms with Crippen LogP contribution in [-0.2, 0) is 16.1 Å². The van der Waals surface area contributed by atoms with Gasteiger partial charge in [-0.3, -0.25) is 19.9 Å². The maximum Gasteiger partial charge on any atom is 0.490 e. The molecule has 0 saturated carbocycles. The Morgan fingerprint density at radius 3 is 2.40 bits per heavy atom. The first-order valence-corrected chi connectivity index (χ1v) is 11.3. The van der Waals surface area contributed by atoms with Crippen molar-refractivity contribution in [3.8, 4) is 0 Å². The molecule has 3 amide bonds. The van der Waals surface area contributed by atoms with Crippen LogP contribution >= 0.6 is 15.9 Å². The predicted octanol–water partition coefficient (Wildman–Crippen LogP) is 4.70. The highest BCUT2D eigenvalue weighted by Gasteiger charge is 2.56. The summed E-state index contributed by atoms with van der Waals surface area (Å²) in [6, 6.07) is 13.9. The first-order chi connectivity index (χ1) is 16.3. The van der Waals surface area contributed by atoms with Crippen LogP contribution in [0.25, 0.3) is 0 Å². The summed E-state index contributed by atoms with van der Waals surface area (Å²) in [5.74, 6) is -3.51. The highest BCUT2D eigenvalue weighted by Crippen LogP contribution is 2.42. The van der Waals surface area contributed by atoms with E-state index in [1.165, 1.54) is 22.6 Å². The minimum atomic E-state index is -5.08. The summed E-state index contributed by atoms with van der Waals surface area (Å²) in [6.45, 7) is 3.52. The van der Waals surface area contributed by atoms with Crippen LogP contribution in [0, 0.1) is 5.82 Å². The second-order valence-electron chi connectivity index (χ2n) is 8.28. The number of carboxylic acid groups (broad SMARTS) is 1. The molecule has 2 fully saturated rings. The lowest BCUT2D eigenvalue weighted by Crippen LogP contribution is -2.59. The van der Waals surface area contributed by atoms with Crippen molar-refractivity contribution in [1.29, 1.82) is 0 Å². The van der Waals surface area contributed by atoms with E-state index in [4.69, 9.17) is 9.90 Å². The Labute approximate surface area is 206 Å². The summed E-state index contributed by atoms with van der Waals surface area (Å²) < 4.78 is 46.2. The van der Waals surface area contributed by atoms with Gasteiger partial charge in [-0.15, -0.1) is 0 Å². The number of piperidine rings is 1. The maximum atomic E-state index is 13.9. The number of carbonyl (C=O) groups is 3. The third-order valence-electron chi connectivity index (χ3n) is 5.96. The van der Waals surface area contributed by atoms with Crippen LogP contribution in [0.2, 0.25) is 0 Å². The number of amides is 3. The zero-order valence-corrected chi connectivity index (χ0v) is 20.1. The quantitative estimate of drug-likeness (QED) is 0.420. The van der Waals surface area contributed by atoms with Gasteiger partial charge in [-0.1, -0.05) is 30.3 Å². The van der Waals surface area contributed by atoms with E-state index in [2.05, 4.69) is 45.2 Å². The fraction of sp³-hybridized carbons (Fsp3) is 0.348. The molecule has 2 N–H and O–H groups in total. The number of nitrogens with one attached hydrogen (secondary N) is 1. The summed E-state index contributed by atoms with van der Waals surface area (Å²) >= 11 is 3.40. The van der Waals surface area contributed by atoms with Gasteiger partial charge < -0.3 is 5.11 Å². The number of halogens is 5. The fourth-order valence-corrected chi connectivity index (χ4v) is 4.72. The van der Waals surface area contributed by atoms with E-state index in [-0.39, 0.29) is 11.9 Å².